The highest BCUT2D eigenvalue weighted by molar-refractivity contribution is 6.31. The number of para-hydroxylation sites is 1. The van der Waals surface area contributed by atoms with Crippen molar-refractivity contribution in [2.45, 2.75) is 26.4 Å². The molecule has 1 unspecified atom stereocenters. The number of hydrogen-bond donors (Lipinski definition) is 1. The molecule has 1 fully saturated rings. The number of benzene rings is 2. The molecule has 4 rings (SSSR count). The molecule has 1 atom stereocenters. The molecule has 1 aromatic heterocycles. The molecule has 0 saturated carbocycles. The average Bonchev–Trinajstić information content (AvgIpc) is 2.79. The molecule has 0 aliphatic carbocycles. The molecule has 0 bridgehead atoms. The molecule has 7 nitrogen and oxygen atoms in total. The SMILES string of the molecule is CCn1c(C(C)N2CCN(C(=O)Nc3ccccc3)CC2)nc2ccc(Cl)cc2c1=O. The predicted octanol–water partition coefficient (Wildman–Crippen LogP) is 3.98. The van der Waals surface area contributed by atoms with Crippen LogP contribution in [0.25, 0.3) is 10.9 Å². The Hall–Kier alpha value is -2.90. The third-order valence-electron chi connectivity index (χ3n) is 5.81. The molecular formula is C23H26ClN5O2. The first-order valence-corrected chi connectivity index (χ1v) is 10.9. The fraction of sp³-hybridized carbons (Fsp3) is 0.348. The summed E-state index contributed by atoms with van der Waals surface area (Å²) in [5, 5.41) is 4.00. The molecule has 3 aromatic rings. The number of piperazine rings is 1. The number of aromatic nitrogens is 2. The van der Waals surface area contributed by atoms with E-state index in [1.807, 2.05) is 42.2 Å². The Balaban J connectivity index is 1.49. The van der Waals surface area contributed by atoms with E-state index in [0.717, 1.165) is 11.5 Å². The van der Waals surface area contributed by atoms with Crippen LogP contribution in [-0.4, -0.2) is 51.6 Å². The first kappa shape index (κ1) is 21.3. The Labute approximate surface area is 186 Å². The van der Waals surface area contributed by atoms with Crippen molar-refractivity contribution >= 4 is 34.2 Å². The van der Waals surface area contributed by atoms with Gasteiger partial charge in [0, 0.05) is 43.4 Å². The maximum atomic E-state index is 13.0. The quantitative estimate of drug-likeness (QED) is 0.667. The van der Waals surface area contributed by atoms with Crippen molar-refractivity contribution in [1.29, 1.82) is 0 Å². The van der Waals surface area contributed by atoms with Gasteiger partial charge in [-0.1, -0.05) is 29.8 Å². The van der Waals surface area contributed by atoms with Gasteiger partial charge >= 0.3 is 6.03 Å². The molecule has 0 spiro atoms. The zero-order valence-electron chi connectivity index (χ0n) is 17.7. The number of carbonyl (C=O) groups is 1. The number of urea groups is 1. The second-order valence-corrected chi connectivity index (χ2v) is 8.11. The molecule has 1 aliphatic heterocycles. The van der Waals surface area contributed by atoms with E-state index in [4.69, 9.17) is 16.6 Å². The molecule has 1 aliphatic rings. The topological polar surface area (TPSA) is 70.5 Å². The van der Waals surface area contributed by atoms with Gasteiger partial charge < -0.3 is 10.2 Å². The third-order valence-corrected chi connectivity index (χ3v) is 6.04. The van der Waals surface area contributed by atoms with Crippen molar-refractivity contribution in [2.24, 2.45) is 0 Å². The predicted molar refractivity (Wildman–Crippen MR) is 124 cm³/mol. The second-order valence-electron chi connectivity index (χ2n) is 7.68. The Bertz CT molecular complexity index is 1140. The van der Waals surface area contributed by atoms with Gasteiger partial charge in [0.25, 0.3) is 5.56 Å². The van der Waals surface area contributed by atoms with Crippen LogP contribution in [0.15, 0.2) is 53.3 Å². The van der Waals surface area contributed by atoms with E-state index < -0.39 is 0 Å². The lowest BCUT2D eigenvalue weighted by molar-refractivity contribution is 0.114. The molecule has 1 N–H and O–H groups in total. The van der Waals surface area contributed by atoms with E-state index in [0.29, 0.717) is 48.6 Å². The van der Waals surface area contributed by atoms with Gasteiger partial charge in [-0.2, -0.15) is 0 Å². The number of carbonyl (C=O) groups excluding carboxylic acids is 1. The maximum absolute atomic E-state index is 13.0. The van der Waals surface area contributed by atoms with E-state index in [-0.39, 0.29) is 17.6 Å². The van der Waals surface area contributed by atoms with Gasteiger partial charge in [-0.25, -0.2) is 9.78 Å². The normalized spacial score (nSPS) is 15.8. The zero-order valence-corrected chi connectivity index (χ0v) is 18.5. The molecule has 1 saturated heterocycles. The first-order chi connectivity index (χ1) is 15.0. The van der Waals surface area contributed by atoms with E-state index in [1.165, 1.54) is 0 Å². The summed E-state index contributed by atoms with van der Waals surface area (Å²) in [4.78, 5) is 34.5. The van der Waals surface area contributed by atoms with E-state index in [2.05, 4.69) is 17.1 Å². The molecular weight excluding hydrogens is 414 g/mol. The highest BCUT2D eigenvalue weighted by Gasteiger charge is 2.27. The molecule has 2 aromatic carbocycles. The first-order valence-electron chi connectivity index (χ1n) is 10.5. The monoisotopic (exact) mass is 439 g/mol. The third kappa shape index (κ3) is 4.43. The number of fused-ring (bicyclic) bond motifs is 1. The molecule has 0 radical (unpaired) electrons. The second kappa shape index (κ2) is 9.08. The summed E-state index contributed by atoms with van der Waals surface area (Å²) in [5.74, 6) is 0.740. The summed E-state index contributed by atoms with van der Waals surface area (Å²) in [6, 6.07) is 14.5. The number of anilines is 1. The summed E-state index contributed by atoms with van der Waals surface area (Å²) in [5.41, 5.74) is 1.37. The minimum Gasteiger partial charge on any atom is -0.322 e. The fourth-order valence-electron chi connectivity index (χ4n) is 4.03. The minimum absolute atomic E-state index is 0.0490. The van der Waals surface area contributed by atoms with E-state index >= 15 is 0 Å². The summed E-state index contributed by atoms with van der Waals surface area (Å²) < 4.78 is 1.72. The van der Waals surface area contributed by atoms with Crippen molar-refractivity contribution in [3.8, 4) is 0 Å². The molecule has 2 amide bonds. The van der Waals surface area contributed by atoms with Crippen molar-refractivity contribution in [3.05, 3.63) is 69.7 Å². The van der Waals surface area contributed by atoms with Crippen LogP contribution in [0.2, 0.25) is 5.02 Å². The number of rotatable bonds is 4. The standard InChI is InChI=1S/C23H26ClN5O2/c1-3-29-21(26-20-10-9-17(24)15-19(20)22(29)30)16(2)27-11-13-28(14-12-27)23(31)25-18-7-5-4-6-8-18/h4-10,15-16H,3,11-14H2,1-2H3,(H,25,31). The Morgan fingerprint density at radius 2 is 1.84 bits per heavy atom. The van der Waals surface area contributed by atoms with Crippen LogP contribution in [0.1, 0.15) is 25.7 Å². The number of nitrogens with zero attached hydrogens (tertiary/aromatic N) is 4. The minimum atomic E-state index is -0.0929. The summed E-state index contributed by atoms with van der Waals surface area (Å²) in [6.45, 7) is 7.19. The maximum Gasteiger partial charge on any atom is 0.321 e. The van der Waals surface area contributed by atoms with E-state index in [9.17, 15) is 9.59 Å². The Morgan fingerprint density at radius 3 is 2.52 bits per heavy atom. The largest absolute Gasteiger partial charge is 0.322 e. The van der Waals surface area contributed by atoms with Crippen LogP contribution in [0.4, 0.5) is 10.5 Å². The molecule has 31 heavy (non-hydrogen) atoms. The summed E-state index contributed by atoms with van der Waals surface area (Å²) >= 11 is 6.08. The van der Waals surface area contributed by atoms with Crippen molar-refractivity contribution < 1.29 is 4.79 Å². The van der Waals surface area contributed by atoms with Crippen LogP contribution in [0.3, 0.4) is 0 Å². The van der Waals surface area contributed by atoms with Gasteiger partial charge in [-0.05, 0) is 44.2 Å². The molecule has 8 heteroatoms. The van der Waals surface area contributed by atoms with Gasteiger partial charge in [-0.3, -0.25) is 14.3 Å². The lowest BCUT2D eigenvalue weighted by Crippen LogP contribution is -2.51. The Morgan fingerprint density at radius 1 is 1.13 bits per heavy atom. The van der Waals surface area contributed by atoms with Gasteiger partial charge in [-0.15, -0.1) is 0 Å². The molecule has 162 valence electrons. The van der Waals surface area contributed by atoms with Crippen molar-refractivity contribution in [3.63, 3.8) is 0 Å². The highest BCUT2D eigenvalue weighted by Crippen LogP contribution is 2.23. The number of halogens is 1. The smallest absolute Gasteiger partial charge is 0.321 e. The van der Waals surface area contributed by atoms with Gasteiger partial charge in [0.05, 0.1) is 16.9 Å². The number of nitrogens with one attached hydrogen (secondary N) is 1. The van der Waals surface area contributed by atoms with E-state index in [1.54, 1.807) is 22.8 Å². The number of amides is 2. The Kier molecular flexibility index (Phi) is 6.25. The van der Waals surface area contributed by atoms with Gasteiger partial charge in [0.1, 0.15) is 5.82 Å². The van der Waals surface area contributed by atoms with Crippen molar-refractivity contribution in [2.75, 3.05) is 31.5 Å². The lowest BCUT2D eigenvalue weighted by atomic mass is 10.2. The van der Waals surface area contributed by atoms with Crippen molar-refractivity contribution in [1.82, 2.24) is 19.4 Å². The average molecular weight is 440 g/mol. The van der Waals surface area contributed by atoms with Crippen LogP contribution >= 0.6 is 11.6 Å². The van der Waals surface area contributed by atoms with Crippen LogP contribution in [-0.2, 0) is 6.54 Å². The van der Waals surface area contributed by atoms with Crippen LogP contribution in [0, 0.1) is 0 Å². The summed E-state index contributed by atoms with van der Waals surface area (Å²) in [7, 11) is 0. The molecule has 2 heterocycles. The summed E-state index contributed by atoms with van der Waals surface area (Å²) in [6.07, 6.45) is 0. The highest BCUT2D eigenvalue weighted by atomic mass is 35.5. The fourth-order valence-corrected chi connectivity index (χ4v) is 4.21. The number of hydrogen-bond acceptors (Lipinski definition) is 4. The lowest BCUT2D eigenvalue weighted by Gasteiger charge is -2.38. The zero-order chi connectivity index (χ0) is 22.0. The van der Waals surface area contributed by atoms with Crippen LogP contribution < -0.4 is 10.9 Å². The van der Waals surface area contributed by atoms with Crippen LogP contribution in [0.5, 0.6) is 0 Å². The van der Waals surface area contributed by atoms with Gasteiger partial charge in [0.2, 0.25) is 0 Å². The van der Waals surface area contributed by atoms with Gasteiger partial charge in [0.15, 0.2) is 0 Å².